The van der Waals surface area contributed by atoms with Crippen molar-refractivity contribution < 1.29 is 9.53 Å². The van der Waals surface area contributed by atoms with E-state index >= 15 is 0 Å². The Labute approximate surface area is 168 Å². The Bertz CT molecular complexity index is 1050. The highest BCUT2D eigenvalue weighted by molar-refractivity contribution is 7.71. The Morgan fingerprint density at radius 2 is 2.04 bits per heavy atom. The molecule has 1 heterocycles. The predicted octanol–water partition coefficient (Wildman–Crippen LogP) is 3.76. The molecule has 1 unspecified atom stereocenters. The first-order valence-corrected chi connectivity index (χ1v) is 9.62. The van der Waals surface area contributed by atoms with Gasteiger partial charge in [0.05, 0.1) is 13.2 Å². The van der Waals surface area contributed by atoms with Crippen LogP contribution in [-0.4, -0.2) is 39.7 Å². The van der Waals surface area contributed by atoms with Crippen LogP contribution in [0.15, 0.2) is 48.5 Å². The first kappa shape index (κ1) is 18.4. The average Bonchev–Trinajstić information content (AvgIpc) is 3.31. The molecule has 1 aromatic heterocycles. The lowest BCUT2D eigenvalue weighted by atomic mass is 10.1. The van der Waals surface area contributed by atoms with Gasteiger partial charge in [0.15, 0.2) is 10.6 Å². The summed E-state index contributed by atoms with van der Waals surface area (Å²) in [4.78, 5) is 14.9. The molecule has 1 amide bonds. The molecule has 4 rings (SSSR count). The molecule has 0 saturated carbocycles. The minimum Gasteiger partial charge on any atom is -0.497 e. The monoisotopic (exact) mass is 394 g/mol. The second-order valence-electron chi connectivity index (χ2n) is 6.92. The number of aromatic amines is 1. The van der Waals surface area contributed by atoms with Crippen molar-refractivity contribution in [2.24, 2.45) is 0 Å². The van der Waals surface area contributed by atoms with Crippen molar-refractivity contribution in [1.82, 2.24) is 19.7 Å². The van der Waals surface area contributed by atoms with Gasteiger partial charge in [0.1, 0.15) is 12.3 Å². The summed E-state index contributed by atoms with van der Waals surface area (Å²) in [5, 5.41) is 7.13. The van der Waals surface area contributed by atoms with Crippen LogP contribution in [0.2, 0.25) is 0 Å². The van der Waals surface area contributed by atoms with Gasteiger partial charge in [-0.25, -0.2) is 0 Å². The highest BCUT2D eigenvalue weighted by atomic mass is 32.1. The standard InChI is InChI=1S/C21H22N4O2S/c1-24(18-12-9-14-5-3-4-6-17(14)18)19(26)13-25-20(22-23-21(25)28)15-7-10-16(27-2)11-8-15/h3-8,10-11,18H,9,12-13H2,1-2H3,(H,23,28). The summed E-state index contributed by atoms with van der Waals surface area (Å²) < 4.78 is 7.38. The molecule has 7 heteroatoms. The number of aromatic nitrogens is 3. The molecule has 0 aliphatic heterocycles. The Kier molecular flexibility index (Phi) is 5.00. The van der Waals surface area contributed by atoms with Gasteiger partial charge in [0, 0.05) is 12.6 Å². The maximum absolute atomic E-state index is 13.0. The van der Waals surface area contributed by atoms with Crippen LogP contribution in [-0.2, 0) is 17.8 Å². The number of hydrogen-bond donors (Lipinski definition) is 1. The van der Waals surface area contributed by atoms with Gasteiger partial charge in [-0.15, -0.1) is 0 Å². The van der Waals surface area contributed by atoms with Crippen LogP contribution in [0.3, 0.4) is 0 Å². The summed E-state index contributed by atoms with van der Waals surface area (Å²) in [5.41, 5.74) is 3.44. The summed E-state index contributed by atoms with van der Waals surface area (Å²) in [5.74, 6) is 1.41. The molecule has 28 heavy (non-hydrogen) atoms. The van der Waals surface area contributed by atoms with E-state index in [1.807, 2.05) is 42.3 Å². The lowest BCUT2D eigenvalue weighted by molar-refractivity contribution is -0.132. The van der Waals surface area contributed by atoms with Crippen LogP contribution in [0.5, 0.6) is 5.75 Å². The van der Waals surface area contributed by atoms with E-state index in [1.165, 1.54) is 11.1 Å². The number of carbonyl (C=O) groups excluding carboxylic acids is 1. The zero-order valence-corrected chi connectivity index (χ0v) is 16.7. The first-order valence-electron chi connectivity index (χ1n) is 9.21. The van der Waals surface area contributed by atoms with Gasteiger partial charge in [0.2, 0.25) is 5.91 Å². The Morgan fingerprint density at radius 3 is 2.79 bits per heavy atom. The van der Waals surface area contributed by atoms with Crippen molar-refractivity contribution in [3.05, 3.63) is 64.4 Å². The summed E-state index contributed by atoms with van der Waals surface area (Å²) in [6.07, 6.45) is 1.95. The number of nitrogens with one attached hydrogen (secondary N) is 1. The SMILES string of the molecule is COc1ccc(-c2n[nH]c(=S)n2CC(=O)N(C)C2CCc3ccccc32)cc1. The molecule has 2 aromatic carbocycles. The van der Waals surface area contributed by atoms with Gasteiger partial charge < -0.3 is 9.64 Å². The number of ether oxygens (including phenoxy) is 1. The molecule has 1 N–H and O–H groups in total. The van der Waals surface area contributed by atoms with Gasteiger partial charge in [0.25, 0.3) is 0 Å². The molecule has 3 aromatic rings. The minimum atomic E-state index is 0.00830. The summed E-state index contributed by atoms with van der Waals surface area (Å²) in [6, 6.07) is 16.0. The molecule has 1 aliphatic carbocycles. The molecular weight excluding hydrogens is 372 g/mol. The maximum atomic E-state index is 13.0. The Morgan fingerprint density at radius 1 is 1.29 bits per heavy atom. The zero-order chi connectivity index (χ0) is 19.7. The third-order valence-corrected chi connectivity index (χ3v) is 5.67. The molecular formula is C21H22N4O2S. The highest BCUT2D eigenvalue weighted by Gasteiger charge is 2.28. The molecule has 1 atom stereocenters. The molecule has 6 nitrogen and oxygen atoms in total. The third-order valence-electron chi connectivity index (χ3n) is 5.36. The van der Waals surface area contributed by atoms with Crippen LogP contribution >= 0.6 is 12.2 Å². The maximum Gasteiger partial charge on any atom is 0.242 e. The molecule has 1 aliphatic rings. The van der Waals surface area contributed by atoms with E-state index in [-0.39, 0.29) is 18.5 Å². The van der Waals surface area contributed by atoms with Crippen LogP contribution in [0.4, 0.5) is 0 Å². The van der Waals surface area contributed by atoms with E-state index in [0.717, 1.165) is 24.2 Å². The highest BCUT2D eigenvalue weighted by Crippen LogP contribution is 2.35. The number of fused-ring (bicyclic) bond motifs is 1. The number of amides is 1. The number of rotatable bonds is 5. The van der Waals surface area contributed by atoms with Gasteiger partial charge in [-0.3, -0.25) is 14.5 Å². The minimum absolute atomic E-state index is 0.00830. The van der Waals surface area contributed by atoms with E-state index in [2.05, 4.69) is 28.4 Å². The smallest absolute Gasteiger partial charge is 0.242 e. The van der Waals surface area contributed by atoms with Crippen molar-refractivity contribution >= 4 is 18.1 Å². The van der Waals surface area contributed by atoms with Gasteiger partial charge in [-0.05, 0) is 60.5 Å². The van der Waals surface area contributed by atoms with Crippen molar-refractivity contribution in [3.63, 3.8) is 0 Å². The summed E-state index contributed by atoms with van der Waals surface area (Å²) >= 11 is 5.37. The van der Waals surface area contributed by atoms with Crippen LogP contribution in [0, 0.1) is 4.77 Å². The number of hydrogen-bond acceptors (Lipinski definition) is 4. The van der Waals surface area contributed by atoms with Crippen LogP contribution in [0.1, 0.15) is 23.6 Å². The second kappa shape index (κ2) is 7.59. The first-order chi connectivity index (χ1) is 13.6. The summed E-state index contributed by atoms with van der Waals surface area (Å²) in [7, 11) is 3.49. The lowest BCUT2D eigenvalue weighted by Crippen LogP contribution is -2.33. The van der Waals surface area contributed by atoms with Crippen molar-refractivity contribution in [2.45, 2.75) is 25.4 Å². The second-order valence-corrected chi connectivity index (χ2v) is 7.31. The number of nitrogens with zero attached hydrogens (tertiary/aromatic N) is 3. The van der Waals surface area contributed by atoms with E-state index in [4.69, 9.17) is 17.0 Å². The molecule has 144 valence electrons. The van der Waals surface area contributed by atoms with Gasteiger partial charge >= 0.3 is 0 Å². The van der Waals surface area contributed by atoms with Crippen molar-refractivity contribution in [3.8, 4) is 17.1 Å². The van der Waals surface area contributed by atoms with E-state index in [9.17, 15) is 4.79 Å². The Hall–Kier alpha value is -2.93. The molecule has 0 bridgehead atoms. The zero-order valence-electron chi connectivity index (χ0n) is 15.9. The topological polar surface area (TPSA) is 63.1 Å². The molecule has 0 spiro atoms. The summed E-state index contributed by atoms with van der Waals surface area (Å²) in [6.45, 7) is 0.145. The largest absolute Gasteiger partial charge is 0.497 e. The molecule has 0 radical (unpaired) electrons. The molecule has 0 fully saturated rings. The number of H-pyrrole nitrogens is 1. The third kappa shape index (κ3) is 3.33. The quantitative estimate of drug-likeness (QED) is 0.669. The van der Waals surface area contributed by atoms with Crippen LogP contribution < -0.4 is 4.74 Å². The number of likely N-dealkylation sites (N-methyl/N-ethyl adjacent to an activating group) is 1. The van der Waals surface area contributed by atoms with Gasteiger partial charge in [-0.1, -0.05) is 24.3 Å². The normalized spacial score (nSPS) is 15.3. The number of aryl methyl sites for hydroxylation is 1. The fourth-order valence-corrected chi connectivity index (χ4v) is 3.98. The lowest BCUT2D eigenvalue weighted by Gasteiger charge is -2.26. The van der Waals surface area contributed by atoms with Crippen LogP contribution in [0.25, 0.3) is 11.4 Å². The van der Waals surface area contributed by atoms with E-state index in [0.29, 0.717) is 10.6 Å². The number of carbonyl (C=O) groups is 1. The molecule has 0 saturated heterocycles. The number of benzene rings is 2. The fourth-order valence-electron chi connectivity index (χ4n) is 3.78. The van der Waals surface area contributed by atoms with Crippen molar-refractivity contribution in [1.29, 1.82) is 0 Å². The Balaban J connectivity index is 1.57. The average molecular weight is 395 g/mol. The van der Waals surface area contributed by atoms with E-state index in [1.54, 1.807) is 11.7 Å². The number of methoxy groups -OCH3 is 1. The van der Waals surface area contributed by atoms with Gasteiger partial charge in [-0.2, -0.15) is 5.10 Å². The fraction of sp³-hybridized carbons (Fsp3) is 0.286. The van der Waals surface area contributed by atoms with E-state index < -0.39 is 0 Å². The van der Waals surface area contributed by atoms with Crippen molar-refractivity contribution in [2.75, 3.05) is 14.2 Å². The predicted molar refractivity (Wildman–Crippen MR) is 110 cm³/mol.